The summed E-state index contributed by atoms with van der Waals surface area (Å²) in [4.78, 5) is 41.1. The third-order valence-corrected chi connectivity index (χ3v) is 8.73. The van der Waals surface area contributed by atoms with Crippen LogP contribution in [0.15, 0.2) is 18.5 Å². The minimum atomic E-state index is -0.166. The zero-order chi connectivity index (χ0) is 29.7. The van der Waals surface area contributed by atoms with Crippen LogP contribution in [0.25, 0.3) is 22.1 Å². The summed E-state index contributed by atoms with van der Waals surface area (Å²) in [6.45, 7) is 9.72. The quantitative estimate of drug-likeness (QED) is 0.274. The minimum absolute atomic E-state index is 0.0978. The molecule has 0 unspecified atom stereocenters. The standard InChI is InChI=1S/C30H40N10O3/c1-4-38-23(30(42)40(19-6-7-19)20-8-9-20)16-21-26-25(32-18-36(26)3)27(34-28(21)38)33-24-17-22(39(5-2)35-24)29(41)31-10-11-37-12-14-43-15-13-37/h16-20H,4-15H2,1-3H3,(H,31,41)(H,33,34,35). The topological polar surface area (TPSA) is 127 Å². The summed E-state index contributed by atoms with van der Waals surface area (Å²) in [6.07, 6.45) is 6.12. The lowest BCUT2D eigenvalue weighted by Crippen LogP contribution is -2.41. The van der Waals surface area contributed by atoms with Crippen LogP contribution in [-0.4, -0.2) is 102 Å². The molecule has 7 rings (SSSR count). The molecule has 4 aromatic rings. The van der Waals surface area contributed by atoms with E-state index in [1.54, 1.807) is 17.1 Å². The highest BCUT2D eigenvalue weighted by molar-refractivity contribution is 6.10. The first kappa shape index (κ1) is 27.8. The zero-order valence-electron chi connectivity index (χ0n) is 25.2. The average Bonchev–Trinajstić information content (AvgIpc) is 3.92. The Kier molecular flexibility index (Phi) is 7.29. The number of anilines is 2. The summed E-state index contributed by atoms with van der Waals surface area (Å²) in [5, 5.41) is 12.0. The number of hydrogen-bond acceptors (Lipinski definition) is 8. The lowest BCUT2D eigenvalue weighted by molar-refractivity contribution is 0.0383. The van der Waals surface area contributed by atoms with E-state index in [-0.39, 0.29) is 11.8 Å². The molecular formula is C30H40N10O3. The van der Waals surface area contributed by atoms with E-state index in [0.29, 0.717) is 60.3 Å². The van der Waals surface area contributed by atoms with Crippen LogP contribution < -0.4 is 10.6 Å². The molecule has 13 nitrogen and oxygen atoms in total. The van der Waals surface area contributed by atoms with Gasteiger partial charge in [-0.15, -0.1) is 0 Å². The largest absolute Gasteiger partial charge is 0.379 e. The van der Waals surface area contributed by atoms with Gasteiger partial charge in [0.05, 0.1) is 25.1 Å². The Bertz CT molecular complexity index is 1660. The van der Waals surface area contributed by atoms with Gasteiger partial charge in [-0.05, 0) is 45.6 Å². The van der Waals surface area contributed by atoms with Crippen molar-refractivity contribution in [2.24, 2.45) is 7.05 Å². The number of aromatic nitrogens is 6. The van der Waals surface area contributed by atoms with Crippen LogP contribution in [0.5, 0.6) is 0 Å². The number of pyridine rings is 1. The summed E-state index contributed by atoms with van der Waals surface area (Å²) in [5.41, 5.74) is 3.47. The SMILES string of the molecule is CCn1nc(Nc2nc3c(cc(C(=O)N(C4CC4)C4CC4)n3CC)c3c2ncn3C)cc1C(=O)NCCN1CCOCC1. The fourth-order valence-corrected chi connectivity index (χ4v) is 6.23. The maximum absolute atomic E-state index is 13.9. The number of fused-ring (bicyclic) bond motifs is 3. The first-order valence-electron chi connectivity index (χ1n) is 15.6. The number of imidazole rings is 1. The highest BCUT2D eigenvalue weighted by Gasteiger charge is 2.43. The Morgan fingerprint density at radius 3 is 2.47 bits per heavy atom. The van der Waals surface area contributed by atoms with E-state index in [4.69, 9.17) is 9.72 Å². The molecule has 13 heteroatoms. The monoisotopic (exact) mass is 588 g/mol. The van der Waals surface area contributed by atoms with Gasteiger partial charge in [0.25, 0.3) is 11.8 Å². The molecule has 2 saturated carbocycles. The summed E-state index contributed by atoms with van der Waals surface area (Å²) in [7, 11) is 1.95. The highest BCUT2D eigenvalue weighted by Crippen LogP contribution is 2.39. The van der Waals surface area contributed by atoms with Gasteiger partial charge in [0, 0.05) is 69.9 Å². The van der Waals surface area contributed by atoms with Gasteiger partial charge in [0.1, 0.15) is 22.6 Å². The fraction of sp³-hybridized carbons (Fsp3) is 0.567. The molecule has 3 aliphatic rings. The van der Waals surface area contributed by atoms with Gasteiger partial charge < -0.3 is 29.4 Å². The number of nitrogens with zero attached hydrogens (tertiary/aromatic N) is 8. The van der Waals surface area contributed by atoms with Gasteiger partial charge in [0.2, 0.25) is 0 Å². The van der Waals surface area contributed by atoms with Crippen molar-refractivity contribution in [2.75, 3.05) is 44.7 Å². The first-order chi connectivity index (χ1) is 21.0. The number of carbonyl (C=O) groups is 2. The van der Waals surface area contributed by atoms with Crippen molar-refractivity contribution in [1.29, 1.82) is 0 Å². The second-order valence-electron chi connectivity index (χ2n) is 11.8. The zero-order valence-corrected chi connectivity index (χ0v) is 25.2. The normalized spacial score (nSPS) is 17.6. The van der Waals surface area contributed by atoms with Crippen molar-refractivity contribution in [1.82, 2.24) is 44.0 Å². The number of carbonyl (C=O) groups excluding carboxylic acids is 2. The molecule has 43 heavy (non-hydrogen) atoms. The van der Waals surface area contributed by atoms with Gasteiger partial charge in [-0.1, -0.05) is 0 Å². The molecule has 5 heterocycles. The van der Waals surface area contributed by atoms with Crippen LogP contribution in [0.2, 0.25) is 0 Å². The highest BCUT2D eigenvalue weighted by atomic mass is 16.5. The summed E-state index contributed by atoms with van der Waals surface area (Å²) >= 11 is 0. The van der Waals surface area contributed by atoms with E-state index in [0.717, 1.165) is 75.1 Å². The van der Waals surface area contributed by atoms with Gasteiger partial charge in [0.15, 0.2) is 11.6 Å². The Balaban J connectivity index is 1.18. The van der Waals surface area contributed by atoms with Crippen molar-refractivity contribution < 1.29 is 14.3 Å². The van der Waals surface area contributed by atoms with Gasteiger partial charge >= 0.3 is 0 Å². The molecule has 0 atom stereocenters. The van der Waals surface area contributed by atoms with E-state index in [1.165, 1.54) is 0 Å². The predicted octanol–water partition coefficient (Wildman–Crippen LogP) is 2.73. The molecule has 2 N–H and O–H groups in total. The summed E-state index contributed by atoms with van der Waals surface area (Å²) < 4.78 is 11.1. The number of aryl methyl sites for hydroxylation is 3. The van der Waals surface area contributed by atoms with Gasteiger partial charge in [-0.2, -0.15) is 5.10 Å². The average molecular weight is 589 g/mol. The maximum Gasteiger partial charge on any atom is 0.271 e. The third-order valence-electron chi connectivity index (χ3n) is 8.73. The lowest BCUT2D eigenvalue weighted by atomic mass is 10.2. The molecule has 0 radical (unpaired) electrons. The Morgan fingerprint density at radius 2 is 1.79 bits per heavy atom. The molecule has 3 fully saturated rings. The lowest BCUT2D eigenvalue weighted by Gasteiger charge is -2.26. The number of nitrogens with one attached hydrogen (secondary N) is 2. The second kappa shape index (κ2) is 11.3. The van der Waals surface area contributed by atoms with Crippen molar-refractivity contribution in [3.8, 4) is 0 Å². The van der Waals surface area contributed by atoms with E-state index < -0.39 is 0 Å². The molecule has 0 bridgehead atoms. The molecule has 228 valence electrons. The fourth-order valence-electron chi connectivity index (χ4n) is 6.23. The Morgan fingerprint density at radius 1 is 1.05 bits per heavy atom. The second-order valence-corrected chi connectivity index (χ2v) is 11.8. The van der Waals surface area contributed by atoms with Crippen LogP contribution in [0.1, 0.15) is 60.5 Å². The molecule has 4 aromatic heterocycles. The summed E-state index contributed by atoms with van der Waals surface area (Å²) in [6, 6.07) is 4.48. The smallest absolute Gasteiger partial charge is 0.271 e. The Labute approximate surface area is 250 Å². The maximum atomic E-state index is 13.9. The molecule has 2 aliphatic carbocycles. The van der Waals surface area contributed by atoms with Crippen LogP contribution in [0.4, 0.5) is 11.6 Å². The van der Waals surface area contributed by atoms with Gasteiger partial charge in [-0.3, -0.25) is 19.2 Å². The van der Waals surface area contributed by atoms with Gasteiger partial charge in [-0.25, -0.2) is 9.97 Å². The molecule has 0 aromatic carbocycles. The van der Waals surface area contributed by atoms with Crippen LogP contribution in [0.3, 0.4) is 0 Å². The predicted molar refractivity (Wildman–Crippen MR) is 163 cm³/mol. The molecule has 1 saturated heterocycles. The minimum Gasteiger partial charge on any atom is -0.379 e. The van der Waals surface area contributed by atoms with E-state index in [1.807, 2.05) is 36.1 Å². The first-order valence-corrected chi connectivity index (χ1v) is 15.6. The van der Waals surface area contributed by atoms with Crippen LogP contribution in [-0.2, 0) is 24.9 Å². The number of amides is 2. The molecule has 1 aliphatic heterocycles. The molecular weight excluding hydrogens is 548 g/mol. The van der Waals surface area contributed by atoms with E-state index in [9.17, 15) is 9.59 Å². The van der Waals surface area contributed by atoms with E-state index in [2.05, 4.69) is 30.5 Å². The van der Waals surface area contributed by atoms with E-state index >= 15 is 0 Å². The van der Waals surface area contributed by atoms with Crippen LogP contribution in [0, 0.1) is 0 Å². The number of ether oxygens (including phenoxy) is 1. The summed E-state index contributed by atoms with van der Waals surface area (Å²) in [5.74, 6) is 0.983. The number of rotatable bonds is 11. The van der Waals surface area contributed by atoms with Crippen LogP contribution >= 0.6 is 0 Å². The van der Waals surface area contributed by atoms with Crippen molar-refractivity contribution >= 4 is 45.5 Å². The molecule has 0 spiro atoms. The van der Waals surface area contributed by atoms with Crippen molar-refractivity contribution in [3.05, 3.63) is 29.8 Å². The number of morpholine rings is 1. The number of hydrogen-bond donors (Lipinski definition) is 2. The molecule has 2 amide bonds. The third kappa shape index (κ3) is 5.24. The van der Waals surface area contributed by atoms with Crippen molar-refractivity contribution in [3.63, 3.8) is 0 Å². The Hall–Kier alpha value is -3.97. The van der Waals surface area contributed by atoms with Crippen molar-refractivity contribution in [2.45, 2.75) is 64.7 Å².